The van der Waals surface area contributed by atoms with E-state index in [1.54, 1.807) is 29.8 Å². The van der Waals surface area contributed by atoms with Crippen LogP contribution in [0.2, 0.25) is 0 Å². The average molecular weight is 538 g/mol. The summed E-state index contributed by atoms with van der Waals surface area (Å²) in [5.74, 6) is 2.83. The number of nitrogens with zero attached hydrogens (tertiary/aromatic N) is 6. The van der Waals surface area contributed by atoms with Gasteiger partial charge in [-0.25, -0.2) is 9.78 Å². The SMILES string of the molecule is COc1nc2c(cc1CN1CCN(C)CC1=O)CCCN2C(=O)Nc1cc(CC(C)CSC)c(C#N)cn1. The Balaban J connectivity index is 1.53. The van der Waals surface area contributed by atoms with Gasteiger partial charge < -0.3 is 9.64 Å². The van der Waals surface area contributed by atoms with Gasteiger partial charge in [0.15, 0.2) is 0 Å². The number of ether oxygens (including phenoxy) is 1. The molecule has 2 aromatic heterocycles. The third kappa shape index (κ3) is 6.37. The standard InChI is InChI=1S/C27H35N7O3S/c1-18(17-38-4)10-20-12-23(29-14-22(20)13-28)30-27(36)34-7-5-6-19-11-21(26(37-3)31-25(19)34)15-33-9-8-32(2)16-24(33)35/h11-12,14,18H,5-10,15-17H2,1-4H3,(H,29,30,36). The van der Waals surface area contributed by atoms with Gasteiger partial charge in [0.05, 0.1) is 25.8 Å². The van der Waals surface area contributed by atoms with Crippen LogP contribution in [0.15, 0.2) is 18.3 Å². The van der Waals surface area contributed by atoms with E-state index in [2.05, 4.69) is 29.5 Å². The van der Waals surface area contributed by atoms with Crippen molar-refractivity contribution in [3.8, 4) is 11.9 Å². The Bertz CT molecular complexity index is 1230. The second kappa shape index (κ2) is 12.5. The smallest absolute Gasteiger partial charge is 0.328 e. The van der Waals surface area contributed by atoms with E-state index >= 15 is 0 Å². The number of methoxy groups -OCH3 is 1. The highest BCUT2D eigenvalue weighted by Crippen LogP contribution is 2.32. The molecule has 0 bridgehead atoms. The molecule has 2 aliphatic heterocycles. The number of hydrogen-bond acceptors (Lipinski definition) is 8. The summed E-state index contributed by atoms with van der Waals surface area (Å²) in [5.41, 5.74) is 3.19. The molecule has 1 unspecified atom stereocenters. The minimum atomic E-state index is -0.331. The van der Waals surface area contributed by atoms with Crippen LogP contribution >= 0.6 is 11.8 Å². The van der Waals surface area contributed by atoms with Crippen molar-refractivity contribution < 1.29 is 14.3 Å². The third-order valence-corrected chi connectivity index (χ3v) is 7.78. The summed E-state index contributed by atoms with van der Waals surface area (Å²) in [4.78, 5) is 40.3. The largest absolute Gasteiger partial charge is 0.481 e. The number of aromatic nitrogens is 2. The van der Waals surface area contributed by atoms with Crippen LogP contribution in [0.4, 0.5) is 16.4 Å². The first kappa shape index (κ1) is 27.7. The summed E-state index contributed by atoms with van der Waals surface area (Å²) in [6, 6.07) is 5.68. The molecule has 0 aliphatic carbocycles. The molecule has 38 heavy (non-hydrogen) atoms. The van der Waals surface area contributed by atoms with Gasteiger partial charge in [0, 0.05) is 31.4 Å². The van der Waals surface area contributed by atoms with E-state index in [9.17, 15) is 14.9 Å². The zero-order valence-corrected chi connectivity index (χ0v) is 23.3. The summed E-state index contributed by atoms with van der Waals surface area (Å²) >= 11 is 1.77. The van der Waals surface area contributed by atoms with Gasteiger partial charge >= 0.3 is 6.03 Å². The molecule has 0 spiro atoms. The zero-order valence-electron chi connectivity index (χ0n) is 22.5. The van der Waals surface area contributed by atoms with Crippen molar-refractivity contribution in [3.05, 3.63) is 40.6 Å². The number of carbonyl (C=O) groups is 2. The summed E-state index contributed by atoms with van der Waals surface area (Å²) in [5, 5.41) is 12.4. The number of rotatable bonds is 8. The highest BCUT2D eigenvalue weighted by molar-refractivity contribution is 7.98. The lowest BCUT2D eigenvalue weighted by Gasteiger charge is -2.33. The van der Waals surface area contributed by atoms with Crippen LogP contribution in [-0.4, -0.2) is 84.1 Å². The van der Waals surface area contributed by atoms with Gasteiger partial charge in [0.2, 0.25) is 11.8 Å². The van der Waals surface area contributed by atoms with Crippen LogP contribution in [0.5, 0.6) is 5.88 Å². The van der Waals surface area contributed by atoms with Crippen molar-refractivity contribution in [2.75, 3.05) is 62.6 Å². The fourth-order valence-electron chi connectivity index (χ4n) is 4.95. The molecule has 0 saturated carbocycles. The molecule has 4 rings (SSSR count). The highest BCUT2D eigenvalue weighted by Gasteiger charge is 2.28. The van der Waals surface area contributed by atoms with Gasteiger partial charge in [-0.3, -0.25) is 19.9 Å². The van der Waals surface area contributed by atoms with E-state index < -0.39 is 0 Å². The molecular formula is C27H35N7O3S. The van der Waals surface area contributed by atoms with Gasteiger partial charge in [0.1, 0.15) is 17.7 Å². The highest BCUT2D eigenvalue weighted by atomic mass is 32.2. The quantitative estimate of drug-likeness (QED) is 0.546. The van der Waals surface area contributed by atoms with Crippen molar-refractivity contribution in [3.63, 3.8) is 0 Å². The first-order chi connectivity index (χ1) is 18.3. The second-order valence-corrected chi connectivity index (χ2v) is 10.9. The fraction of sp³-hybridized carbons (Fsp3) is 0.519. The number of nitriles is 1. The van der Waals surface area contributed by atoms with Crippen LogP contribution in [-0.2, 0) is 24.2 Å². The van der Waals surface area contributed by atoms with Crippen molar-refractivity contribution in [1.82, 2.24) is 19.8 Å². The summed E-state index contributed by atoms with van der Waals surface area (Å²) in [7, 11) is 3.49. The van der Waals surface area contributed by atoms with Gasteiger partial charge in [-0.1, -0.05) is 6.92 Å². The number of hydrogen-bond donors (Lipinski definition) is 1. The Morgan fingerprint density at radius 2 is 2.11 bits per heavy atom. The average Bonchev–Trinajstić information content (AvgIpc) is 2.89. The number of piperazine rings is 1. The van der Waals surface area contributed by atoms with Crippen molar-refractivity contribution >= 4 is 35.3 Å². The lowest BCUT2D eigenvalue weighted by molar-refractivity contribution is -0.136. The lowest BCUT2D eigenvalue weighted by atomic mass is 10.00. The Labute approximate surface area is 228 Å². The number of carbonyl (C=O) groups excluding carboxylic acids is 2. The number of likely N-dealkylation sites (N-methyl/N-ethyl adjacent to an activating group) is 1. The van der Waals surface area contributed by atoms with Gasteiger partial charge in [-0.15, -0.1) is 0 Å². The maximum Gasteiger partial charge on any atom is 0.328 e. The van der Waals surface area contributed by atoms with E-state index in [1.807, 2.05) is 22.9 Å². The number of thioether (sulfide) groups is 1. The van der Waals surface area contributed by atoms with Crippen LogP contribution in [0.3, 0.4) is 0 Å². The van der Waals surface area contributed by atoms with Gasteiger partial charge in [0.25, 0.3) is 0 Å². The van der Waals surface area contributed by atoms with E-state index in [-0.39, 0.29) is 11.9 Å². The van der Waals surface area contributed by atoms with Crippen LogP contribution < -0.4 is 15.0 Å². The van der Waals surface area contributed by atoms with E-state index in [0.29, 0.717) is 55.2 Å². The van der Waals surface area contributed by atoms with E-state index in [0.717, 1.165) is 48.3 Å². The number of amides is 3. The number of nitrogens with one attached hydrogen (secondary N) is 1. The number of urea groups is 1. The number of aryl methyl sites for hydroxylation is 1. The molecule has 1 fully saturated rings. The normalized spacial score (nSPS) is 16.6. The lowest BCUT2D eigenvalue weighted by Crippen LogP contribution is -2.48. The Kier molecular flexibility index (Phi) is 9.07. The number of fused-ring (bicyclic) bond motifs is 1. The summed E-state index contributed by atoms with van der Waals surface area (Å²) in [6.45, 7) is 4.96. The van der Waals surface area contributed by atoms with Crippen LogP contribution in [0, 0.1) is 17.2 Å². The molecule has 2 aromatic rings. The molecule has 0 radical (unpaired) electrons. The van der Waals surface area contributed by atoms with Crippen molar-refractivity contribution in [2.24, 2.45) is 5.92 Å². The molecule has 202 valence electrons. The fourth-order valence-corrected chi connectivity index (χ4v) is 5.63. The van der Waals surface area contributed by atoms with Gasteiger partial charge in [-0.2, -0.15) is 22.0 Å². The predicted octanol–water partition coefficient (Wildman–Crippen LogP) is 3.16. The molecule has 0 aromatic carbocycles. The molecule has 1 N–H and O–H groups in total. The molecule has 1 atom stereocenters. The van der Waals surface area contributed by atoms with E-state index in [4.69, 9.17) is 9.72 Å². The molecular weight excluding hydrogens is 502 g/mol. The Hall–Kier alpha value is -3.36. The third-order valence-electron chi connectivity index (χ3n) is 6.88. The van der Waals surface area contributed by atoms with Crippen molar-refractivity contribution in [1.29, 1.82) is 5.26 Å². The number of pyridine rings is 2. The molecule has 4 heterocycles. The monoisotopic (exact) mass is 537 g/mol. The molecule has 10 nitrogen and oxygen atoms in total. The topological polar surface area (TPSA) is 115 Å². The Morgan fingerprint density at radius 3 is 2.82 bits per heavy atom. The summed E-state index contributed by atoms with van der Waals surface area (Å²) in [6.07, 6.45) is 5.90. The Morgan fingerprint density at radius 1 is 1.29 bits per heavy atom. The molecule has 2 aliphatic rings. The van der Waals surface area contributed by atoms with E-state index in [1.165, 1.54) is 6.20 Å². The molecule has 1 saturated heterocycles. The van der Waals surface area contributed by atoms with Crippen LogP contribution in [0.1, 0.15) is 35.6 Å². The minimum absolute atomic E-state index is 0.0802. The van der Waals surface area contributed by atoms with Gasteiger partial charge in [-0.05, 0) is 67.5 Å². The molecule has 11 heteroatoms. The maximum absolute atomic E-state index is 13.4. The molecule has 3 amide bonds. The van der Waals surface area contributed by atoms with Crippen molar-refractivity contribution in [2.45, 2.75) is 32.7 Å². The second-order valence-electron chi connectivity index (χ2n) is 9.98. The summed E-state index contributed by atoms with van der Waals surface area (Å²) < 4.78 is 5.59. The minimum Gasteiger partial charge on any atom is -0.481 e. The van der Waals surface area contributed by atoms with Crippen LogP contribution in [0.25, 0.3) is 0 Å². The maximum atomic E-state index is 13.4. The first-order valence-electron chi connectivity index (χ1n) is 12.8. The zero-order chi connectivity index (χ0) is 27.2. The first-order valence-corrected chi connectivity index (χ1v) is 14.2. The number of anilines is 2. The predicted molar refractivity (Wildman–Crippen MR) is 149 cm³/mol.